The second-order valence-corrected chi connectivity index (χ2v) is 8.87. The number of fused-ring (bicyclic) bond motifs is 1. The zero-order valence-electron chi connectivity index (χ0n) is 20.1. The molecular weight excluding hydrogens is 414 g/mol. The Bertz CT molecular complexity index is 1060. The number of hydrogen-bond acceptors (Lipinski definition) is 5. The van der Waals surface area contributed by atoms with Gasteiger partial charge in [-0.05, 0) is 63.3 Å². The number of rotatable bonds is 10. The third-order valence-electron chi connectivity index (χ3n) is 6.18. The summed E-state index contributed by atoms with van der Waals surface area (Å²) < 4.78 is 23.8. The molecule has 0 amide bonds. The summed E-state index contributed by atoms with van der Waals surface area (Å²) in [5.74, 6) is 3.09. The minimum Gasteiger partial charge on any atom is -0.493 e. The highest BCUT2D eigenvalue weighted by Crippen LogP contribution is 2.32. The van der Waals surface area contributed by atoms with Crippen molar-refractivity contribution in [2.24, 2.45) is 5.92 Å². The van der Waals surface area contributed by atoms with Crippen molar-refractivity contribution in [3.05, 3.63) is 59.3 Å². The Morgan fingerprint density at radius 2 is 1.76 bits per heavy atom. The van der Waals surface area contributed by atoms with E-state index in [2.05, 4.69) is 39.0 Å². The van der Waals surface area contributed by atoms with E-state index in [1.807, 2.05) is 24.3 Å². The maximum absolute atomic E-state index is 6.22. The molecule has 1 aliphatic rings. The van der Waals surface area contributed by atoms with Crippen LogP contribution in [0.1, 0.15) is 49.4 Å². The number of nitrogens with zero attached hydrogens (tertiary/aromatic N) is 1. The molecule has 176 valence electrons. The van der Waals surface area contributed by atoms with Gasteiger partial charge in [0.2, 0.25) is 0 Å². The summed E-state index contributed by atoms with van der Waals surface area (Å²) in [5.41, 5.74) is 4.07. The third-order valence-corrected chi connectivity index (χ3v) is 6.18. The van der Waals surface area contributed by atoms with Gasteiger partial charge >= 0.3 is 0 Å². The number of aryl methyl sites for hydroxylation is 1. The van der Waals surface area contributed by atoms with Crippen molar-refractivity contribution in [1.29, 1.82) is 0 Å². The van der Waals surface area contributed by atoms with Crippen LogP contribution in [0.2, 0.25) is 0 Å². The van der Waals surface area contributed by atoms with Crippen LogP contribution in [0.5, 0.6) is 17.2 Å². The van der Waals surface area contributed by atoms with Crippen molar-refractivity contribution in [3.8, 4) is 17.2 Å². The van der Waals surface area contributed by atoms with Crippen molar-refractivity contribution in [3.63, 3.8) is 0 Å². The lowest BCUT2D eigenvalue weighted by Gasteiger charge is -2.22. The van der Waals surface area contributed by atoms with Crippen molar-refractivity contribution >= 4 is 10.9 Å². The van der Waals surface area contributed by atoms with Crippen molar-refractivity contribution in [2.45, 2.75) is 53.1 Å². The molecule has 0 radical (unpaired) electrons. The molecule has 2 aromatic carbocycles. The fourth-order valence-electron chi connectivity index (χ4n) is 4.07. The summed E-state index contributed by atoms with van der Waals surface area (Å²) in [7, 11) is 0. The lowest BCUT2D eigenvalue weighted by atomic mass is 10.0. The van der Waals surface area contributed by atoms with E-state index >= 15 is 0 Å². The Hall–Kier alpha value is -2.79. The molecule has 0 aliphatic carbocycles. The number of hydrogen-bond donors (Lipinski definition) is 0. The standard InChI is InChI=1S/C28H35NO4/c1-4-5-13-31-28-21(3)27(29-26-10-9-20(2)16-25(26)28)19-33-24-8-6-7-23(17-24)32-18-22-11-14-30-15-12-22/h6-10,16-17,22H,4-5,11-15,18-19H2,1-3H3. The monoisotopic (exact) mass is 449 g/mol. The molecule has 5 nitrogen and oxygen atoms in total. The lowest BCUT2D eigenvalue weighted by Crippen LogP contribution is -2.21. The van der Waals surface area contributed by atoms with E-state index in [4.69, 9.17) is 23.9 Å². The molecule has 3 aromatic rings. The van der Waals surface area contributed by atoms with E-state index < -0.39 is 0 Å². The normalized spacial score (nSPS) is 14.4. The first-order valence-corrected chi connectivity index (χ1v) is 12.1. The SMILES string of the molecule is CCCCOc1c(C)c(COc2cccc(OCC3CCOCC3)c2)nc2ccc(C)cc12. The summed E-state index contributed by atoms with van der Waals surface area (Å²) in [4.78, 5) is 4.89. The zero-order valence-corrected chi connectivity index (χ0v) is 20.1. The number of aromatic nitrogens is 1. The van der Waals surface area contributed by atoms with E-state index in [0.717, 1.165) is 84.9 Å². The fourth-order valence-corrected chi connectivity index (χ4v) is 4.07. The van der Waals surface area contributed by atoms with Gasteiger partial charge in [-0.1, -0.05) is 31.0 Å². The van der Waals surface area contributed by atoms with Crippen molar-refractivity contribution in [1.82, 2.24) is 4.98 Å². The molecule has 0 unspecified atom stereocenters. The highest BCUT2D eigenvalue weighted by molar-refractivity contribution is 5.87. The summed E-state index contributed by atoms with van der Waals surface area (Å²) in [6, 6.07) is 14.2. The molecule has 0 bridgehead atoms. The molecule has 4 rings (SSSR count). The Kier molecular flexibility index (Phi) is 8.05. The van der Waals surface area contributed by atoms with Gasteiger partial charge in [0.1, 0.15) is 23.9 Å². The van der Waals surface area contributed by atoms with Crippen LogP contribution in [0, 0.1) is 19.8 Å². The smallest absolute Gasteiger partial charge is 0.133 e. The molecule has 2 heterocycles. The summed E-state index contributed by atoms with van der Waals surface area (Å²) in [6.45, 7) is 9.81. The number of benzene rings is 2. The highest BCUT2D eigenvalue weighted by Gasteiger charge is 2.16. The molecule has 0 atom stereocenters. The number of pyridine rings is 1. The van der Waals surface area contributed by atoms with E-state index in [1.165, 1.54) is 5.56 Å². The van der Waals surface area contributed by atoms with E-state index in [9.17, 15) is 0 Å². The van der Waals surface area contributed by atoms with Crippen molar-refractivity contribution in [2.75, 3.05) is 26.4 Å². The minimum absolute atomic E-state index is 0.378. The molecule has 33 heavy (non-hydrogen) atoms. The predicted molar refractivity (Wildman–Crippen MR) is 131 cm³/mol. The van der Waals surface area contributed by atoms with Crippen molar-refractivity contribution < 1.29 is 18.9 Å². The second-order valence-electron chi connectivity index (χ2n) is 8.87. The van der Waals surface area contributed by atoms with E-state index in [0.29, 0.717) is 19.1 Å². The topological polar surface area (TPSA) is 49.8 Å². The Morgan fingerprint density at radius 3 is 2.55 bits per heavy atom. The van der Waals surface area contributed by atoms with Crippen LogP contribution in [-0.4, -0.2) is 31.4 Å². The van der Waals surface area contributed by atoms with Gasteiger partial charge in [-0.15, -0.1) is 0 Å². The van der Waals surface area contributed by atoms with E-state index in [1.54, 1.807) is 0 Å². The highest BCUT2D eigenvalue weighted by atomic mass is 16.5. The maximum atomic E-state index is 6.22. The molecular formula is C28H35NO4. The van der Waals surface area contributed by atoms with Crippen LogP contribution in [-0.2, 0) is 11.3 Å². The van der Waals surface area contributed by atoms with Gasteiger partial charge in [-0.3, -0.25) is 0 Å². The molecule has 1 saturated heterocycles. The largest absolute Gasteiger partial charge is 0.493 e. The Balaban J connectivity index is 1.47. The van der Waals surface area contributed by atoms with Gasteiger partial charge in [0.25, 0.3) is 0 Å². The van der Waals surface area contributed by atoms with Crippen LogP contribution in [0.3, 0.4) is 0 Å². The maximum Gasteiger partial charge on any atom is 0.133 e. The number of unbranched alkanes of at least 4 members (excludes halogenated alkanes) is 1. The van der Waals surface area contributed by atoms with Gasteiger partial charge < -0.3 is 18.9 Å². The predicted octanol–water partition coefficient (Wildman–Crippen LogP) is 6.41. The van der Waals surface area contributed by atoms with E-state index in [-0.39, 0.29) is 0 Å². The summed E-state index contributed by atoms with van der Waals surface area (Å²) in [6.07, 6.45) is 4.25. The van der Waals surface area contributed by atoms with Gasteiger partial charge in [0, 0.05) is 30.2 Å². The first-order valence-electron chi connectivity index (χ1n) is 12.1. The molecule has 1 aliphatic heterocycles. The zero-order chi connectivity index (χ0) is 23.0. The quantitative estimate of drug-likeness (QED) is 0.335. The van der Waals surface area contributed by atoms with Gasteiger partial charge in [-0.25, -0.2) is 4.98 Å². The molecule has 1 fully saturated rings. The minimum atomic E-state index is 0.378. The van der Waals surface area contributed by atoms with Crippen LogP contribution in [0.4, 0.5) is 0 Å². The van der Waals surface area contributed by atoms with Crippen LogP contribution in [0.25, 0.3) is 10.9 Å². The second kappa shape index (κ2) is 11.4. The summed E-state index contributed by atoms with van der Waals surface area (Å²) >= 11 is 0. The molecule has 5 heteroatoms. The lowest BCUT2D eigenvalue weighted by molar-refractivity contribution is 0.0497. The van der Waals surface area contributed by atoms with Crippen LogP contribution in [0.15, 0.2) is 42.5 Å². The molecule has 0 saturated carbocycles. The van der Waals surface area contributed by atoms with Crippen LogP contribution < -0.4 is 14.2 Å². The molecule has 1 aromatic heterocycles. The average Bonchev–Trinajstić information content (AvgIpc) is 2.84. The average molecular weight is 450 g/mol. The van der Waals surface area contributed by atoms with Gasteiger partial charge in [-0.2, -0.15) is 0 Å². The molecule has 0 N–H and O–H groups in total. The number of ether oxygens (including phenoxy) is 4. The Morgan fingerprint density at radius 1 is 0.970 bits per heavy atom. The first-order chi connectivity index (χ1) is 16.1. The fraction of sp³-hybridized carbons (Fsp3) is 0.464. The third kappa shape index (κ3) is 6.17. The van der Waals surface area contributed by atoms with Gasteiger partial charge in [0.15, 0.2) is 0 Å². The first kappa shape index (κ1) is 23.4. The van der Waals surface area contributed by atoms with Crippen LogP contribution >= 0.6 is 0 Å². The summed E-state index contributed by atoms with van der Waals surface area (Å²) in [5, 5.41) is 1.07. The van der Waals surface area contributed by atoms with Gasteiger partial charge in [0.05, 0.1) is 24.4 Å². The Labute approximate surface area is 197 Å². The molecule has 0 spiro atoms.